The molecule has 0 amide bonds. The van der Waals surface area contributed by atoms with Crippen LogP contribution in [0.15, 0.2) is 146 Å². The molecule has 6 aromatic carbocycles. The molecule has 2 aliphatic rings. The highest BCUT2D eigenvalue weighted by molar-refractivity contribution is 7.87. The average molecular weight is 698 g/mol. The van der Waals surface area contributed by atoms with Crippen molar-refractivity contribution in [3.05, 3.63) is 146 Å². The van der Waals surface area contributed by atoms with E-state index in [0.717, 1.165) is 32.6 Å². The Morgan fingerprint density at radius 2 is 0.920 bits per heavy atom. The van der Waals surface area contributed by atoms with Gasteiger partial charge in [0.25, 0.3) is 0 Å². The molecule has 0 saturated heterocycles. The molecule has 7 heteroatoms. The van der Waals surface area contributed by atoms with Gasteiger partial charge in [-0.05, 0) is 44.0 Å². The molecular weight excluding hydrogens is 662 g/mol. The molecule has 7 aromatic rings. The van der Waals surface area contributed by atoms with Crippen molar-refractivity contribution in [3.8, 4) is 45.3 Å². The van der Waals surface area contributed by atoms with Gasteiger partial charge in [0, 0.05) is 32.6 Å². The van der Waals surface area contributed by atoms with E-state index in [4.69, 9.17) is 15.0 Å². The van der Waals surface area contributed by atoms with Crippen molar-refractivity contribution in [2.75, 3.05) is 0 Å². The highest BCUT2D eigenvalue weighted by atomic mass is 31.2. The SMILES string of the molecule is C[Si]1(C)c2ccccc2-c2cc3c(cc21)[Si](C)(C)c1ccc(-c2nc(-c4ccccc4)nc(-c4ccccc4)n2)cc1P3(=O)c1ccccc1. The second-order valence-corrected chi connectivity index (χ2v) is 25.8. The molecule has 50 heavy (non-hydrogen) atoms. The van der Waals surface area contributed by atoms with Gasteiger partial charge < -0.3 is 4.57 Å². The van der Waals surface area contributed by atoms with Gasteiger partial charge in [-0.3, -0.25) is 0 Å². The molecule has 0 radical (unpaired) electrons. The largest absolute Gasteiger partial charge is 0.309 e. The van der Waals surface area contributed by atoms with Gasteiger partial charge in [-0.1, -0.05) is 160 Å². The van der Waals surface area contributed by atoms with Crippen molar-refractivity contribution in [2.24, 2.45) is 0 Å². The first-order valence-electron chi connectivity index (χ1n) is 17.1. The summed E-state index contributed by atoms with van der Waals surface area (Å²) in [7, 11) is -7.57. The quantitative estimate of drug-likeness (QED) is 0.157. The Bertz CT molecular complexity index is 2460. The Hall–Kier alpha value is -5.01. The summed E-state index contributed by atoms with van der Waals surface area (Å²) < 4.78 is 16.4. The third kappa shape index (κ3) is 4.56. The van der Waals surface area contributed by atoms with E-state index in [1.807, 2.05) is 91.0 Å². The first kappa shape index (κ1) is 31.0. The minimum Gasteiger partial charge on any atom is -0.309 e. The number of nitrogens with zero attached hydrogens (tertiary/aromatic N) is 3. The monoisotopic (exact) mass is 697 g/mol. The first-order chi connectivity index (χ1) is 24.2. The summed E-state index contributed by atoms with van der Waals surface area (Å²) in [6, 6.07) is 50.4. The van der Waals surface area contributed by atoms with Crippen LogP contribution in [0.5, 0.6) is 0 Å². The van der Waals surface area contributed by atoms with Crippen LogP contribution in [0.3, 0.4) is 0 Å². The predicted octanol–water partition coefficient (Wildman–Crippen LogP) is 6.45. The van der Waals surface area contributed by atoms with Gasteiger partial charge in [-0.15, -0.1) is 0 Å². The van der Waals surface area contributed by atoms with Gasteiger partial charge in [-0.2, -0.15) is 0 Å². The molecule has 0 spiro atoms. The molecule has 1 aromatic heterocycles. The molecular formula is C43H36N3OPSi2. The van der Waals surface area contributed by atoms with Gasteiger partial charge in [0.05, 0.1) is 0 Å². The van der Waals surface area contributed by atoms with E-state index in [1.54, 1.807) is 0 Å². The molecule has 1 atom stereocenters. The normalized spacial score (nSPS) is 17.7. The molecule has 0 fully saturated rings. The van der Waals surface area contributed by atoms with E-state index in [-0.39, 0.29) is 0 Å². The maximum atomic E-state index is 16.4. The second-order valence-electron chi connectivity index (χ2n) is 14.4. The summed E-state index contributed by atoms with van der Waals surface area (Å²) in [5.74, 6) is 1.79. The number of hydrogen-bond donors (Lipinski definition) is 0. The van der Waals surface area contributed by atoms with Crippen molar-refractivity contribution in [3.63, 3.8) is 0 Å². The average Bonchev–Trinajstić information content (AvgIpc) is 3.39. The van der Waals surface area contributed by atoms with E-state index in [1.165, 1.54) is 31.9 Å². The Balaban J connectivity index is 1.31. The van der Waals surface area contributed by atoms with Gasteiger partial charge in [-0.25, -0.2) is 15.0 Å². The Morgan fingerprint density at radius 3 is 1.54 bits per heavy atom. The molecule has 0 saturated carbocycles. The zero-order chi connectivity index (χ0) is 34.3. The maximum Gasteiger partial charge on any atom is 0.170 e. The van der Waals surface area contributed by atoms with E-state index >= 15 is 4.57 Å². The van der Waals surface area contributed by atoms with Crippen LogP contribution in [0.4, 0.5) is 0 Å². The molecule has 3 heterocycles. The molecule has 0 bridgehead atoms. The fourth-order valence-corrected chi connectivity index (χ4v) is 19.5. The van der Waals surface area contributed by atoms with Crippen LogP contribution in [0.25, 0.3) is 45.3 Å². The first-order valence-corrected chi connectivity index (χ1v) is 24.9. The Labute approximate surface area is 295 Å². The summed E-state index contributed by atoms with van der Waals surface area (Å²) in [5.41, 5.74) is 5.24. The molecule has 1 unspecified atom stereocenters. The fourth-order valence-electron chi connectivity index (χ4n) is 8.09. The lowest BCUT2D eigenvalue weighted by Crippen LogP contribution is -2.68. The van der Waals surface area contributed by atoms with Crippen molar-refractivity contribution < 1.29 is 4.57 Å². The standard InChI is InChI=1S/C43H36N3OPSi2/c1-49(2)37-23-15-14-22-33(37)34-27-36-40(28-39(34)49)50(3,4)38-25-24-31(26-35(38)48(36,47)32-20-12-7-13-21-32)43-45-41(29-16-8-5-9-17-29)44-42(46-43)30-18-10-6-11-19-30/h5-28H,1-4H3. The van der Waals surface area contributed by atoms with E-state index in [2.05, 4.69) is 80.8 Å². The maximum absolute atomic E-state index is 16.4. The summed E-state index contributed by atoms with van der Waals surface area (Å²) in [6.07, 6.45) is 0. The van der Waals surface area contributed by atoms with Gasteiger partial charge in [0.2, 0.25) is 0 Å². The molecule has 242 valence electrons. The van der Waals surface area contributed by atoms with Crippen molar-refractivity contribution in [1.29, 1.82) is 0 Å². The topological polar surface area (TPSA) is 55.7 Å². The third-order valence-corrected chi connectivity index (χ3v) is 21.4. The molecule has 0 aliphatic carbocycles. The zero-order valence-electron chi connectivity index (χ0n) is 28.6. The Morgan fingerprint density at radius 1 is 0.420 bits per heavy atom. The lowest BCUT2D eigenvalue weighted by atomic mass is 10.1. The van der Waals surface area contributed by atoms with Crippen molar-refractivity contribution in [2.45, 2.75) is 26.2 Å². The molecule has 2 aliphatic heterocycles. The summed E-state index contributed by atoms with van der Waals surface area (Å²) in [6.45, 7) is 9.76. The smallest absolute Gasteiger partial charge is 0.170 e. The van der Waals surface area contributed by atoms with Gasteiger partial charge in [0.1, 0.15) is 16.1 Å². The number of hydrogen-bond acceptors (Lipinski definition) is 4. The van der Waals surface area contributed by atoms with Crippen LogP contribution in [0, 0.1) is 0 Å². The number of rotatable bonds is 4. The number of benzene rings is 6. The predicted molar refractivity (Wildman–Crippen MR) is 214 cm³/mol. The van der Waals surface area contributed by atoms with E-state index in [9.17, 15) is 0 Å². The summed E-state index contributed by atoms with van der Waals surface area (Å²) in [5, 5.41) is 8.21. The third-order valence-electron chi connectivity index (χ3n) is 10.8. The molecule has 0 N–H and O–H groups in total. The lowest BCUT2D eigenvalue weighted by Gasteiger charge is -2.39. The van der Waals surface area contributed by atoms with Crippen molar-refractivity contribution in [1.82, 2.24) is 15.0 Å². The van der Waals surface area contributed by atoms with Crippen LogP contribution < -0.4 is 36.7 Å². The highest BCUT2D eigenvalue weighted by Gasteiger charge is 2.48. The van der Waals surface area contributed by atoms with Crippen molar-refractivity contribution >= 4 is 60.0 Å². The van der Waals surface area contributed by atoms with Crippen LogP contribution in [0.2, 0.25) is 26.2 Å². The number of fused-ring (bicyclic) bond motifs is 5. The van der Waals surface area contributed by atoms with Gasteiger partial charge >= 0.3 is 0 Å². The van der Waals surface area contributed by atoms with Crippen LogP contribution in [0.1, 0.15) is 0 Å². The van der Waals surface area contributed by atoms with Crippen LogP contribution in [-0.4, -0.2) is 31.1 Å². The Kier molecular flexibility index (Phi) is 6.98. The fraction of sp³-hybridized carbons (Fsp3) is 0.0930. The molecule has 4 nitrogen and oxygen atoms in total. The summed E-state index contributed by atoms with van der Waals surface area (Å²) in [4.78, 5) is 15.0. The highest BCUT2D eigenvalue weighted by Crippen LogP contribution is 2.46. The molecule has 9 rings (SSSR count). The van der Waals surface area contributed by atoms with Crippen LogP contribution >= 0.6 is 7.14 Å². The summed E-state index contributed by atoms with van der Waals surface area (Å²) >= 11 is 0. The lowest BCUT2D eigenvalue weighted by molar-refractivity contribution is 0.592. The second kappa shape index (κ2) is 11.3. The van der Waals surface area contributed by atoms with E-state index < -0.39 is 23.3 Å². The minimum absolute atomic E-state index is 0.570. The number of aromatic nitrogens is 3. The van der Waals surface area contributed by atoms with Crippen LogP contribution in [-0.2, 0) is 4.57 Å². The van der Waals surface area contributed by atoms with Gasteiger partial charge in [0.15, 0.2) is 24.6 Å². The zero-order valence-corrected chi connectivity index (χ0v) is 31.4. The van der Waals surface area contributed by atoms with E-state index in [0.29, 0.717) is 17.5 Å². The minimum atomic E-state index is -3.32.